The number of hydrogen-bond donors (Lipinski definition) is 0. The Hall–Kier alpha value is -1.89. The van der Waals surface area contributed by atoms with Gasteiger partial charge in [0.05, 0.1) is 10.2 Å². The van der Waals surface area contributed by atoms with Crippen molar-refractivity contribution in [1.29, 1.82) is 0 Å². The van der Waals surface area contributed by atoms with Crippen molar-refractivity contribution in [3.05, 3.63) is 53.6 Å². The van der Waals surface area contributed by atoms with Gasteiger partial charge in [0.1, 0.15) is 0 Å². The van der Waals surface area contributed by atoms with Crippen LogP contribution in [0.1, 0.15) is 24.0 Å². The van der Waals surface area contributed by atoms with E-state index in [9.17, 15) is 4.79 Å². The van der Waals surface area contributed by atoms with Crippen LogP contribution >= 0.6 is 23.1 Å². The molecular formula is C23H29N3OS2. The lowest BCUT2D eigenvalue weighted by atomic mass is 10.1. The molecule has 0 saturated carbocycles. The summed E-state index contributed by atoms with van der Waals surface area (Å²) in [5.74, 6) is 0.927. The third kappa shape index (κ3) is 5.81. The van der Waals surface area contributed by atoms with E-state index in [4.69, 9.17) is 4.98 Å². The molecule has 0 saturated heterocycles. The molecule has 0 aliphatic heterocycles. The van der Waals surface area contributed by atoms with E-state index in [1.165, 1.54) is 16.0 Å². The quantitative estimate of drug-likeness (QED) is 0.430. The van der Waals surface area contributed by atoms with Crippen LogP contribution in [-0.2, 0) is 4.79 Å². The molecule has 0 N–H and O–H groups in total. The Morgan fingerprint density at radius 2 is 1.83 bits per heavy atom. The number of thioether (sulfide) groups is 1. The van der Waals surface area contributed by atoms with Gasteiger partial charge in [-0.2, -0.15) is 0 Å². The SMILES string of the molecule is Cc1ccc2sc(N(CCCN(C)C)C(=O)CCSc3ccccc3)nc2c1C. The number of benzene rings is 2. The van der Waals surface area contributed by atoms with E-state index >= 15 is 0 Å². The van der Waals surface area contributed by atoms with E-state index in [1.54, 1.807) is 23.1 Å². The fraction of sp³-hybridized carbons (Fsp3) is 0.391. The molecule has 1 aromatic heterocycles. The summed E-state index contributed by atoms with van der Waals surface area (Å²) in [5, 5.41) is 0.821. The predicted octanol–water partition coefficient (Wildman–Crippen LogP) is 5.38. The van der Waals surface area contributed by atoms with E-state index in [-0.39, 0.29) is 5.91 Å². The molecule has 0 spiro atoms. The molecule has 0 fully saturated rings. The molecule has 3 rings (SSSR count). The third-order valence-corrected chi connectivity index (χ3v) is 6.98. The molecule has 0 radical (unpaired) electrons. The molecule has 0 atom stereocenters. The van der Waals surface area contributed by atoms with Gasteiger partial charge in [-0.05, 0) is 70.2 Å². The molecule has 6 heteroatoms. The molecule has 0 bridgehead atoms. The Balaban J connectivity index is 1.74. The summed E-state index contributed by atoms with van der Waals surface area (Å²) >= 11 is 3.35. The van der Waals surface area contributed by atoms with Crippen LogP contribution in [0.3, 0.4) is 0 Å². The van der Waals surface area contributed by atoms with Crippen LogP contribution in [0.25, 0.3) is 10.2 Å². The van der Waals surface area contributed by atoms with E-state index in [0.29, 0.717) is 13.0 Å². The highest BCUT2D eigenvalue weighted by Crippen LogP contribution is 2.32. The fourth-order valence-corrected chi connectivity index (χ4v) is 5.04. The van der Waals surface area contributed by atoms with Crippen LogP contribution in [0.15, 0.2) is 47.4 Å². The van der Waals surface area contributed by atoms with E-state index in [2.05, 4.69) is 57.1 Å². The zero-order chi connectivity index (χ0) is 20.8. The van der Waals surface area contributed by atoms with Gasteiger partial charge < -0.3 is 4.90 Å². The number of nitrogens with zero attached hydrogens (tertiary/aromatic N) is 3. The smallest absolute Gasteiger partial charge is 0.229 e. The highest BCUT2D eigenvalue weighted by molar-refractivity contribution is 7.99. The van der Waals surface area contributed by atoms with Crippen molar-refractivity contribution in [3.63, 3.8) is 0 Å². The summed E-state index contributed by atoms with van der Waals surface area (Å²) in [4.78, 5) is 23.2. The first-order valence-corrected chi connectivity index (χ1v) is 11.8. The Bertz CT molecular complexity index is 953. The van der Waals surface area contributed by atoms with Crippen molar-refractivity contribution >= 4 is 44.4 Å². The van der Waals surface area contributed by atoms with Crippen molar-refractivity contribution < 1.29 is 4.79 Å². The number of rotatable bonds is 9. The molecule has 154 valence electrons. The molecule has 0 aliphatic carbocycles. The van der Waals surface area contributed by atoms with Crippen molar-refractivity contribution in [1.82, 2.24) is 9.88 Å². The van der Waals surface area contributed by atoms with Crippen LogP contribution in [0.5, 0.6) is 0 Å². The van der Waals surface area contributed by atoms with Gasteiger partial charge >= 0.3 is 0 Å². The first-order chi connectivity index (χ1) is 14.0. The van der Waals surface area contributed by atoms with Crippen LogP contribution in [0, 0.1) is 13.8 Å². The van der Waals surface area contributed by atoms with Crippen molar-refractivity contribution in [2.75, 3.05) is 37.8 Å². The number of carbonyl (C=O) groups is 1. The second-order valence-corrected chi connectivity index (χ2v) is 9.64. The number of amides is 1. The second-order valence-electron chi connectivity index (χ2n) is 7.46. The number of aromatic nitrogens is 1. The third-order valence-electron chi connectivity index (χ3n) is 4.92. The highest BCUT2D eigenvalue weighted by atomic mass is 32.2. The minimum atomic E-state index is 0.153. The normalized spacial score (nSPS) is 11.3. The van der Waals surface area contributed by atoms with Crippen molar-refractivity contribution in [2.24, 2.45) is 0 Å². The second kappa shape index (κ2) is 10.2. The summed E-state index contributed by atoms with van der Waals surface area (Å²) in [6, 6.07) is 14.5. The van der Waals surface area contributed by atoms with Gasteiger partial charge in [0.15, 0.2) is 5.13 Å². The van der Waals surface area contributed by atoms with Crippen molar-refractivity contribution in [2.45, 2.75) is 31.6 Å². The van der Waals surface area contributed by atoms with E-state index < -0.39 is 0 Å². The van der Waals surface area contributed by atoms with Gasteiger partial charge in [0.2, 0.25) is 5.91 Å². The van der Waals surface area contributed by atoms with Gasteiger partial charge in [-0.15, -0.1) is 11.8 Å². The summed E-state index contributed by atoms with van der Waals surface area (Å²) < 4.78 is 1.15. The number of hydrogen-bond acceptors (Lipinski definition) is 5. The van der Waals surface area contributed by atoms with Gasteiger partial charge in [-0.3, -0.25) is 9.69 Å². The summed E-state index contributed by atoms with van der Waals surface area (Å²) in [6.07, 6.45) is 1.44. The molecule has 2 aromatic carbocycles. The van der Waals surface area contributed by atoms with E-state index in [0.717, 1.165) is 34.1 Å². The number of aryl methyl sites for hydroxylation is 2. The van der Waals surface area contributed by atoms with Crippen LogP contribution in [0.2, 0.25) is 0 Å². The summed E-state index contributed by atoms with van der Waals surface area (Å²) in [5.41, 5.74) is 3.46. The lowest BCUT2D eigenvalue weighted by molar-refractivity contribution is -0.118. The van der Waals surface area contributed by atoms with Crippen molar-refractivity contribution in [3.8, 4) is 0 Å². The van der Waals surface area contributed by atoms with Gasteiger partial charge in [0.25, 0.3) is 0 Å². The minimum absolute atomic E-state index is 0.153. The number of thiazole rings is 1. The van der Waals surface area contributed by atoms with Gasteiger partial charge in [0, 0.05) is 23.6 Å². The fourth-order valence-electron chi connectivity index (χ4n) is 3.11. The lowest BCUT2D eigenvalue weighted by Crippen LogP contribution is -2.33. The largest absolute Gasteiger partial charge is 0.309 e. The lowest BCUT2D eigenvalue weighted by Gasteiger charge is -2.21. The maximum Gasteiger partial charge on any atom is 0.229 e. The molecule has 1 amide bonds. The average molecular weight is 428 g/mol. The minimum Gasteiger partial charge on any atom is -0.309 e. The first kappa shape index (κ1) is 21.8. The molecule has 29 heavy (non-hydrogen) atoms. The van der Waals surface area contributed by atoms with Crippen LogP contribution in [0.4, 0.5) is 5.13 Å². The molecule has 1 heterocycles. The molecule has 0 unspecified atom stereocenters. The standard InChI is InChI=1S/C23H29N3OS2/c1-17-11-12-20-22(18(17)2)24-23(29-20)26(15-8-14-25(3)4)21(27)13-16-28-19-9-6-5-7-10-19/h5-7,9-12H,8,13-16H2,1-4H3. The molecule has 3 aromatic rings. The number of fused-ring (bicyclic) bond motifs is 1. The maximum atomic E-state index is 13.1. The predicted molar refractivity (Wildman–Crippen MR) is 126 cm³/mol. The van der Waals surface area contributed by atoms with E-state index in [1.807, 2.05) is 23.1 Å². The topological polar surface area (TPSA) is 36.4 Å². The number of carbonyl (C=O) groups excluding carboxylic acids is 1. The summed E-state index contributed by atoms with van der Waals surface area (Å²) in [7, 11) is 4.12. The molecule has 4 nitrogen and oxygen atoms in total. The average Bonchev–Trinajstić information content (AvgIpc) is 3.13. The first-order valence-electron chi connectivity index (χ1n) is 9.95. The Morgan fingerprint density at radius 1 is 1.07 bits per heavy atom. The zero-order valence-corrected chi connectivity index (χ0v) is 19.3. The monoisotopic (exact) mass is 427 g/mol. The zero-order valence-electron chi connectivity index (χ0n) is 17.6. The van der Waals surface area contributed by atoms with Gasteiger partial charge in [-0.1, -0.05) is 35.6 Å². The Kier molecular flexibility index (Phi) is 7.70. The van der Waals surface area contributed by atoms with Crippen LogP contribution in [-0.4, -0.2) is 48.7 Å². The number of anilines is 1. The Labute approximate surface area is 181 Å². The molecular weight excluding hydrogens is 398 g/mol. The highest BCUT2D eigenvalue weighted by Gasteiger charge is 2.20. The Morgan fingerprint density at radius 3 is 2.55 bits per heavy atom. The van der Waals surface area contributed by atoms with Crippen LogP contribution < -0.4 is 4.90 Å². The van der Waals surface area contributed by atoms with Gasteiger partial charge in [-0.25, -0.2) is 4.98 Å². The summed E-state index contributed by atoms with van der Waals surface area (Å²) in [6.45, 7) is 5.86. The molecule has 0 aliphatic rings. The maximum absolute atomic E-state index is 13.1.